The van der Waals surface area contributed by atoms with Crippen LogP contribution in [0.1, 0.15) is 49.9 Å². The molecule has 76 heavy (non-hydrogen) atoms. The first-order chi connectivity index (χ1) is 35.9. The Labute approximate surface area is 430 Å². The van der Waals surface area contributed by atoms with Crippen LogP contribution < -0.4 is 11.1 Å². The summed E-state index contributed by atoms with van der Waals surface area (Å²) in [5, 5.41) is 99.6. The Morgan fingerprint density at radius 2 is 0.961 bits per heavy atom. The number of aromatic nitrogens is 12. The van der Waals surface area contributed by atoms with Crippen molar-refractivity contribution >= 4 is 45.9 Å². The fourth-order valence-electron chi connectivity index (χ4n) is 7.61. The zero-order valence-electron chi connectivity index (χ0n) is 42.6. The van der Waals surface area contributed by atoms with Gasteiger partial charge in [0, 0.05) is 27.7 Å². The Kier molecular flexibility index (Phi) is 20.5. The second-order valence-corrected chi connectivity index (χ2v) is 17.6. The van der Waals surface area contributed by atoms with Gasteiger partial charge in [-0.1, -0.05) is 0 Å². The number of aryl methyl sites for hydroxylation is 4. The van der Waals surface area contributed by atoms with E-state index in [-0.39, 0.29) is 36.1 Å². The third-order valence-corrected chi connectivity index (χ3v) is 11.6. The minimum absolute atomic E-state index is 0.0539. The Balaban J connectivity index is 0.000000295. The van der Waals surface area contributed by atoms with Crippen molar-refractivity contribution < 1.29 is 79.0 Å². The van der Waals surface area contributed by atoms with E-state index in [1.54, 1.807) is 24.3 Å². The van der Waals surface area contributed by atoms with Crippen molar-refractivity contribution in [1.82, 2.24) is 59.5 Å². The Morgan fingerprint density at radius 3 is 1.37 bits per heavy atom. The summed E-state index contributed by atoms with van der Waals surface area (Å²) in [6.07, 6.45) is -11.7. The lowest BCUT2D eigenvalue weighted by Crippen LogP contribution is -2.50. The summed E-state index contributed by atoms with van der Waals surface area (Å²) < 4.78 is 25.9. The second kappa shape index (κ2) is 26.3. The quantitative estimate of drug-likeness (QED) is 0.0241. The standard InChI is InChI=1S/C27H34N6O11.C19H26N6O7/c1-13-7-20-21(8-14(13)2)32(27(40)24(28-20)26-29-30-31-33(26)9-19(39)11-34)10-22(42-16(4)36)25(44-18(6)38)23(43-17(5)37)12-41-15(3)35;1-9-3-12-13(4-10(9)2)24(6-14(29)17(31)15(30)8-27)19(32)16(20-12)18-21-22-23-25(18)5-11(28)7-26/h7-8,19,22-23,25,34,39H,9-12H2,1-6H3;3-4,11,14-15,17,26-31H,5-8H2,1-2H3/t19?,22-,23+,25-;11?,14-,15+,17-/m00/s1. The summed E-state index contributed by atoms with van der Waals surface area (Å²) in [6, 6.07) is 6.86. The number of nitrogens with zero attached hydrogens (tertiary/aromatic N) is 12. The predicted molar refractivity (Wildman–Crippen MR) is 259 cm³/mol. The SMILES string of the molecule is CC(=O)OC[C@@H](OC(C)=O)[C@@H](OC(C)=O)[C@H](Cn1c(=O)c(-c2nnnn2CC(O)CO)nc2cc(C)c(C)cc21)OC(C)=O.Cc1cc2nc(-c3nnnn3CC(O)CO)c(=O)n(C[C@H](O)[C@H](O)[C@H](O)CO)c2cc1C. The second-order valence-electron chi connectivity index (χ2n) is 17.6. The molecule has 8 atom stereocenters. The summed E-state index contributed by atoms with van der Waals surface area (Å²) in [4.78, 5) is 84.4. The van der Waals surface area contributed by atoms with E-state index in [4.69, 9.17) is 29.2 Å². The number of benzene rings is 2. The molecule has 0 aliphatic carbocycles. The van der Waals surface area contributed by atoms with Gasteiger partial charge in [0.25, 0.3) is 11.1 Å². The van der Waals surface area contributed by atoms with E-state index in [2.05, 4.69) is 41.0 Å². The molecule has 0 aliphatic rings. The summed E-state index contributed by atoms with van der Waals surface area (Å²) in [5.74, 6) is -3.36. The zero-order chi connectivity index (χ0) is 56.3. The number of hydrogen-bond donors (Lipinski definition) is 8. The lowest BCUT2D eigenvalue weighted by Gasteiger charge is -2.32. The summed E-state index contributed by atoms with van der Waals surface area (Å²) in [5.41, 5.74) is 2.95. The fourth-order valence-corrected chi connectivity index (χ4v) is 7.61. The molecule has 2 aromatic carbocycles. The fraction of sp³-hybridized carbons (Fsp3) is 0.522. The van der Waals surface area contributed by atoms with Crippen molar-refractivity contribution in [1.29, 1.82) is 0 Å². The molecule has 0 saturated carbocycles. The molecule has 0 fully saturated rings. The van der Waals surface area contributed by atoms with Gasteiger partial charge in [0.15, 0.2) is 29.7 Å². The average molecular weight is 1070 g/mol. The van der Waals surface area contributed by atoms with Crippen molar-refractivity contribution in [3.05, 3.63) is 67.2 Å². The lowest BCUT2D eigenvalue weighted by molar-refractivity contribution is -0.190. The van der Waals surface area contributed by atoms with Gasteiger partial charge < -0.3 is 68.9 Å². The van der Waals surface area contributed by atoms with Crippen LogP contribution >= 0.6 is 0 Å². The van der Waals surface area contributed by atoms with Crippen molar-refractivity contribution in [3.63, 3.8) is 0 Å². The number of fused-ring (bicyclic) bond motifs is 2. The molecular weight excluding hydrogens is 1010 g/mol. The van der Waals surface area contributed by atoms with Gasteiger partial charge in [-0.2, -0.15) is 0 Å². The summed E-state index contributed by atoms with van der Waals surface area (Å²) >= 11 is 0. The van der Waals surface area contributed by atoms with Crippen LogP contribution in [-0.4, -0.2) is 200 Å². The average Bonchev–Trinajstić information content (AvgIpc) is 4.04. The van der Waals surface area contributed by atoms with Gasteiger partial charge >= 0.3 is 23.9 Å². The first kappa shape index (κ1) is 59.3. The molecule has 0 spiro atoms. The Bertz CT molecular complexity index is 3160. The molecule has 30 heteroatoms. The van der Waals surface area contributed by atoms with Gasteiger partial charge in [0.2, 0.25) is 11.6 Å². The number of carbonyl (C=O) groups excluding carboxylic acids is 4. The molecule has 412 valence electrons. The number of rotatable bonds is 22. The molecule has 0 aliphatic heterocycles. The van der Waals surface area contributed by atoms with Crippen molar-refractivity contribution in [2.45, 2.75) is 130 Å². The maximum absolute atomic E-state index is 14.1. The number of tetrazole rings is 2. The number of aliphatic hydroxyl groups is 8. The highest BCUT2D eigenvalue weighted by molar-refractivity contribution is 5.80. The molecule has 0 bridgehead atoms. The minimum atomic E-state index is -1.70. The minimum Gasteiger partial charge on any atom is -0.462 e. The zero-order valence-corrected chi connectivity index (χ0v) is 42.6. The number of ether oxygens (including phenoxy) is 4. The molecule has 6 aromatic rings. The van der Waals surface area contributed by atoms with Crippen LogP contribution in [0.15, 0.2) is 33.9 Å². The van der Waals surface area contributed by atoms with E-state index in [9.17, 15) is 59.4 Å². The van der Waals surface area contributed by atoms with Crippen molar-refractivity contribution in [3.8, 4) is 23.0 Å². The first-order valence-corrected chi connectivity index (χ1v) is 23.3. The molecule has 0 amide bonds. The van der Waals surface area contributed by atoms with Crippen molar-refractivity contribution in [2.75, 3.05) is 26.4 Å². The smallest absolute Gasteiger partial charge is 0.303 e. The largest absolute Gasteiger partial charge is 0.462 e. The molecule has 0 radical (unpaired) electrons. The highest BCUT2D eigenvalue weighted by Crippen LogP contribution is 2.24. The molecule has 4 aromatic heterocycles. The lowest BCUT2D eigenvalue weighted by atomic mass is 10.1. The van der Waals surface area contributed by atoms with E-state index in [0.717, 1.165) is 59.3 Å². The number of hydrogen-bond acceptors (Lipinski definition) is 26. The van der Waals surface area contributed by atoms with Crippen LogP contribution in [0.25, 0.3) is 45.1 Å². The maximum Gasteiger partial charge on any atom is 0.303 e. The molecule has 6 rings (SSSR count). The monoisotopic (exact) mass is 1070 g/mol. The van der Waals surface area contributed by atoms with Crippen molar-refractivity contribution in [2.24, 2.45) is 0 Å². The number of esters is 4. The maximum atomic E-state index is 14.1. The third kappa shape index (κ3) is 14.6. The Hall–Kier alpha value is -7.58. The normalized spacial score (nSPS) is 14.6. The van der Waals surface area contributed by atoms with E-state index in [1.165, 1.54) is 9.13 Å². The van der Waals surface area contributed by atoms with E-state index < -0.39 is 123 Å². The van der Waals surface area contributed by atoms with Crippen LogP contribution in [0.2, 0.25) is 0 Å². The van der Waals surface area contributed by atoms with E-state index in [0.29, 0.717) is 22.1 Å². The highest BCUT2D eigenvalue weighted by atomic mass is 16.6. The molecule has 8 N–H and O–H groups in total. The predicted octanol–water partition coefficient (Wildman–Crippen LogP) is -3.53. The van der Waals surface area contributed by atoms with E-state index >= 15 is 0 Å². The van der Waals surface area contributed by atoms with Gasteiger partial charge in [-0.3, -0.25) is 28.8 Å². The van der Waals surface area contributed by atoms with Crippen LogP contribution in [0.4, 0.5) is 0 Å². The molecular formula is C46H60N12O18. The van der Waals surface area contributed by atoms with Crippen LogP contribution in [-0.2, 0) is 64.3 Å². The third-order valence-electron chi connectivity index (χ3n) is 11.6. The Morgan fingerprint density at radius 1 is 0.539 bits per heavy atom. The number of aliphatic hydroxyl groups excluding tert-OH is 8. The highest BCUT2D eigenvalue weighted by Gasteiger charge is 2.39. The van der Waals surface area contributed by atoms with Crippen LogP contribution in [0.5, 0.6) is 0 Å². The van der Waals surface area contributed by atoms with Crippen LogP contribution in [0.3, 0.4) is 0 Å². The molecule has 0 saturated heterocycles. The van der Waals surface area contributed by atoms with Crippen LogP contribution in [0, 0.1) is 27.7 Å². The molecule has 4 heterocycles. The first-order valence-electron chi connectivity index (χ1n) is 23.3. The van der Waals surface area contributed by atoms with Gasteiger partial charge in [-0.25, -0.2) is 19.3 Å². The van der Waals surface area contributed by atoms with Gasteiger partial charge in [-0.05, 0) is 95.1 Å². The molecule has 2 unspecified atom stereocenters. The van der Waals surface area contributed by atoms with Gasteiger partial charge in [0.1, 0.15) is 24.9 Å². The molecule has 30 nitrogen and oxygen atoms in total. The van der Waals surface area contributed by atoms with E-state index in [1.807, 2.05) is 27.7 Å². The topological polar surface area (TPSA) is 424 Å². The summed E-state index contributed by atoms with van der Waals surface area (Å²) in [6.45, 7) is 7.98. The number of carbonyl (C=O) groups is 4. The van der Waals surface area contributed by atoms with Gasteiger partial charge in [-0.15, -0.1) is 10.2 Å². The summed E-state index contributed by atoms with van der Waals surface area (Å²) in [7, 11) is 0. The van der Waals surface area contributed by atoms with Gasteiger partial charge in [0.05, 0.1) is 80.3 Å².